The molecule has 2 N–H and O–H groups in total. The van der Waals surface area contributed by atoms with Gasteiger partial charge in [0.2, 0.25) is 5.91 Å². The number of nitro groups is 1. The highest BCUT2D eigenvalue weighted by Crippen LogP contribution is 2.26. The topological polar surface area (TPSA) is 93.5 Å². The van der Waals surface area contributed by atoms with Gasteiger partial charge < -0.3 is 10.1 Å². The SMILES string of the molecule is COc1ccc(C)cc1[C@H](C)N[C@H](C)C(=O)Nc1cccc([N+](=O)[O-])c1. The summed E-state index contributed by atoms with van der Waals surface area (Å²) >= 11 is 0. The molecule has 0 aliphatic carbocycles. The van der Waals surface area contributed by atoms with Gasteiger partial charge in [-0.05, 0) is 32.9 Å². The average Bonchev–Trinajstić information content (AvgIpc) is 2.61. The van der Waals surface area contributed by atoms with Gasteiger partial charge in [-0.15, -0.1) is 0 Å². The van der Waals surface area contributed by atoms with Crippen molar-refractivity contribution in [2.24, 2.45) is 0 Å². The molecule has 138 valence electrons. The van der Waals surface area contributed by atoms with Gasteiger partial charge in [-0.1, -0.05) is 23.8 Å². The lowest BCUT2D eigenvalue weighted by Crippen LogP contribution is -2.39. The molecule has 2 atom stereocenters. The Balaban J connectivity index is 2.06. The van der Waals surface area contributed by atoms with E-state index < -0.39 is 11.0 Å². The van der Waals surface area contributed by atoms with Crippen molar-refractivity contribution in [1.82, 2.24) is 5.32 Å². The first-order valence-corrected chi connectivity index (χ1v) is 8.27. The van der Waals surface area contributed by atoms with Crippen molar-refractivity contribution in [3.8, 4) is 5.75 Å². The third-order valence-electron chi connectivity index (χ3n) is 4.07. The minimum absolute atomic E-state index is 0.0683. The van der Waals surface area contributed by atoms with E-state index in [9.17, 15) is 14.9 Å². The van der Waals surface area contributed by atoms with E-state index in [1.54, 1.807) is 20.1 Å². The summed E-state index contributed by atoms with van der Waals surface area (Å²) in [5, 5.41) is 16.8. The number of methoxy groups -OCH3 is 1. The number of hydrogen-bond acceptors (Lipinski definition) is 5. The molecule has 0 fully saturated rings. The first kappa shape index (κ1) is 19.4. The Labute approximate surface area is 152 Å². The van der Waals surface area contributed by atoms with Crippen LogP contribution in [-0.2, 0) is 4.79 Å². The molecule has 0 radical (unpaired) electrons. The first-order valence-electron chi connectivity index (χ1n) is 8.27. The fraction of sp³-hybridized carbons (Fsp3) is 0.316. The second-order valence-corrected chi connectivity index (χ2v) is 6.15. The molecule has 7 heteroatoms. The molecule has 0 saturated heterocycles. The van der Waals surface area contributed by atoms with E-state index in [4.69, 9.17) is 4.74 Å². The molecule has 0 bridgehead atoms. The number of benzene rings is 2. The van der Waals surface area contributed by atoms with E-state index in [1.807, 2.05) is 32.0 Å². The normalized spacial score (nSPS) is 12.9. The number of rotatable bonds is 7. The highest BCUT2D eigenvalue weighted by molar-refractivity contribution is 5.94. The second-order valence-electron chi connectivity index (χ2n) is 6.15. The summed E-state index contributed by atoms with van der Waals surface area (Å²) in [6, 6.07) is 11.1. The van der Waals surface area contributed by atoms with Crippen LogP contribution in [-0.4, -0.2) is 24.0 Å². The third-order valence-corrected chi connectivity index (χ3v) is 4.07. The van der Waals surface area contributed by atoms with Gasteiger partial charge in [-0.3, -0.25) is 20.2 Å². The summed E-state index contributed by atoms with van der Waals surface area (Å²) < 4.78 is 5.39. The van der Waals surface area contributed by atoms with E-state index in [1.165, 1.54) is 18.2 Å². The molecule has 0 aromatic heterocycles. The Hall–Kier alpha value is -2.93. The van der Waals surface area contributed by atoms with Gasteiger partial charge in [-0.2, -0.15) is 0 Å². The van der Waals surface area contributed by atoms with Gasteiger partial charge in [-0.25, -0.2) is 0 Å². The minimum atomic E-state index is -0.505. The smallest absolute Gasteiger partial charge is 0.271 e. The predicted octanol–water partition coefficient (Wildman–Crippen LogP) is 3.59. The standard InChI is InChI=1S/C19H23N3O4/c1-12-8-9-18(26-4)17(10-12)13(2)20-14(3)19(23)21-15-6-5-7-16(11-15)22(24)25/h5-11,13-14,20H,1-4H3,(H,21,23)/t13-,14+/m0/s1. The van der Waals surface area contributed by atoms with Gasteiger partial charge in [0.1, 0.15) is 5.75 Å². The molecule has 26 heavy (non-hydrogen) atoms. The molecule has 1 amide bonds. The molecule has 0 aliphatic heterocycles. The maximum absolute atomic E-state index is 12.4. The van der Waals surface area contributed by atoms with Gasteiger partial charge in [0.15, 0.2) is 0 Å². The van der Waals surface area contributed by atoms with Crippen LogP contribution in [0.25, 0.3) is 0 Å². The zero-order valence-electron chi connectivity index (χ0n) is 15.3. The Morgan fingerprint density at radius 1 is 1.19 bits per heavy atom. The Morgan fingerprint density at radius 2 is 1.92 bits per heavy atom. The van der Waals surface area contributed by atoms with Gasteiger partial charge in [0, 0.05) is 29.4 Å². The number of hydrogen-bond donors (Lipinski definition) is 2. The van der Waals surface area contributed by atoms with Crippen LogP contribution in [0.4, 0.5) is 11.4 Å². The van der Waals surface area contributed by atoms with Crippen molar-refractivity contribution < 1.29 is 14.5 Å². The number of nitrogens with zero attached hydrogens (tertiary/aromatic N) is 1. The van der Waals surface area contributed by atoms with Crippen LogP contribution in [0.5, 0.6) is 5.75 Å². The van der Waals surface area contributed by atoms with E-state index in [2.05, 4.69) is 10.6 Å². The highest BCUT2D eigenvalue weighted by Gasteiger charge is 2.19. The lowest BCUT2D eigenvalue weighted by molar-refractivity contribution is -0.384. The fourth-order valence-electron chi connectivity index (χ4n) is 2.68. The Morgan fingerprint density at radius 3 is 2.58 bits per heavy atom. The summed E-state index contributed by atoms with van der Waals surface area (Å²) in [5.41, 5.74) is 2.38. The number of nitro benzene ring substituents is 1. The van der Waals surface area contributed by atoms with E-state index in [0.29, 0.717) is 5.69 Å². The number of carbonyl (C=O) groups is 1. The van der Waals surface area contributed by atoms with E-state index >= 15 is 0 Å². The number of carbonyl (C=O) groups excluding carboxylic acids is 1. The molecule has 2 aromatic rings. The summed E-state index contributed by atoms with van der Waals surface area (Å²) in [7, 11) is 1.61. The van der Waals surface area contributed by atoms with Crippen molar-refractivity contribution in [1.29, 1.82) is 0 Å². The van der Waals surface area contributed by atoms with Crippen LogP contribution < -0.4 is 15.4 Å². The zero-order chi connectivity index (χ0) is 19.3. The Kier molecular flexibility index (Phi) is 6.30. The number of anilines is 1. The summed E-state index contributed by atoms with van der Waals surface area (Å²) in [6.07, 6.45) is 0. The summed E-state index contributed by atoms with van der Waals surface area (Å²) in [4.78, 5) is 22.7. The zero-order valence-corrected chi connectivity index (χ0v) is 15.3. The van der Waals surface area contributed by atoms with E-state index in [0.717, 1.165) is 16.9 Å². The molecule has 0 heterocycles. The van der Waals surface area contributed by atoms with E-state index in [-0.39, 0.29) is 17.6 Å². The van der Waals surface area contributed by atoms with Crippen LogP contribution in [0.15, 0.2) is 42.5 Å². The molecule has 0 spiro atoms. The lowest BCUT2D eigenvalue weighted by atomic mass is 10.0. The van der Waals surface area contributed by atoms with Crippen molar-refractivity contribution >= 4 is 17.3 Å². The molecule has 0 unspecified atom stereocenters. The fourth-order valence-corrected chi connectivity index (χ4v) is 2.68. The van der Waals surface area contributed by atoms with Crippen molar-refractivity contribution in [3.05, 3.63) is 63.7 Å². The van der Waals surface area contributed by atoms with Gasteiger partial charge in [0.25, 0.3) is 5.69 Å². The largest absolute Gasteiger partial charge is 0.496 e. The first-order chi connectivity index (χ1) is 12.3. The maximum atomic E-state index is 12.4. The Bertz CT molecular complexity index is 807. The average molecular weight is 357 g/mol. The number of aryl methyl sites for hydroxylation is 1. The number of ether oxygens (including phenoxy) is 1. The lowest BCUT2D eigenvalue weighted by Gasteiger charge is -2.22. The summed E-state index contributed by atoms with van der Waals surface area (Å²) in [5.74, 6) is 0.478. The molecule has 7 nitrogen and oxygen atoms in total. The van der Waals surface area contributed by atoms with Crippen LogP contribution in [0.3, 0.4) is 0 Å². The third kappa shape index (κ3) is 4.80. The van der Waals surface area contributed by atoms with Crippen LogP contribution in [0.1, 0.15) is 31.0 Å². The minimum Gasteiger partial charge on any atom is -0.496 e. The van der Waals surface area contributed by atoms with Gasteiger partial charge >= 0.3 is 0 Å². The molecular weight excluding hydrogens is 334 g/mol. The summed E-state index contributed by atoms with van der Waals surface area (Å²) in [6.45, 7) is 5.69. The molecule has 0 aliphatic rings. The van der Waals surface area contributed by atoms with Crippen LogP contribution in [0, 0.1) is 17.0 Å². The number of nitrogens with one attached hydrogen (secondary N) is 2. The molecule has 2 aromatic carbocycles. The quantitative estimate of drug-likeness (QED) is 0.583. The van der Waals surface area contributed by atoms with Crippen molar-refractivity contribution in [3.63, 3.8) is 0 Å². The van der Waals surface area contributed by atoms with Gasteiger partial charge in [0.05, 0.1) is 18.1 Å². The highest BCUT2D eigenvalue weighted by atomic mass is 16.6. The second kappa shape index (κ2) is 8.44. The maximum Gasteiger partial charge on any atom is 0.271 e. The molecule has 0 saturated carbocycles. The van der Waals surface area contributed by atoms with Crippen molar-refractivity contribution in [2.45, 2.75) is 32.9 Å². The monoisotopic (exact) mass is 357 g/mol. The van der Waals surface area contributed by atoms with Crippen LogP contribution in [0.2, 0.25) is 0 Å². The molecule has 2 rings (SSSR count). The molecular formula is C19H23N3O4. The van der Waals surface area contributed by atoms with Crippen molar-refractivity contribution in [2.75, 3.05) is 12.4 Å². The predicted molar refractivity (Wildman–Crippen MR) is 100 cm³/mol. The van der Waals surface area contributed by atoms with Crippen LogP contribution >= 0.6 is 0 Å². The number of amides is 1. The number of non-ortho nitro benzene ring substituents is 1.